The second-order valence-corrected chi connectivity index (χ2v) is 6.28. The van der Waals surface area contributed by atoms with E-state index in [0.717, 1.165) is 17.0 Å². The van der Waals surface area contributed by atoms with Crippen LogP contribution in [0.15, 0.2) is 58.7 Å². The molecule has 0 bridgehead atoms. The third kappa shape index (κ3) is 4.09. The highest BCUT2D eigenvalue weighted by Gasteiger charge is 2.32. The van der Waals surface area contributed by atoms with Crippen molar-refractivity contribution in [2.45, 2.75) is 13.8 Å². The third-order valence-electron chi connectivity index (χ3n) is 3.56. The molecule has 5 nitrogen and oxygen atoms in total. The van der Waals surface area contributed by atoms with Crippen LogP contribution in [0, 0.1) is 0 Å². The van der Waals surface area contributed by atoms with Gasteiger partial charge in [0.25, 0.3) is 5.91 Å². The van der Waals surface area contributed by atoms with Gasteiger partial charge in [-0.05, 0) is 61.5 Å². The second kappa shape index (κ2) is 7.98. The lowest BCUT2D eigenvalue weighted by atomic mass is 10.2. The SMILES string of the molecule is CCOc1ccc(/C=C2\SC(=Nc3cccnc3)N(CC)C2=O)cc1. The standard InChI is InChI=1S/C19H19N3O2S/c1-3-22-18(23)17(12-14-7-9-16(10-8-14)24-4-2)25-19(22)21-15-6-5-11-20-13-15/h5-13H,3-4H2,1-2H3/b17-12-,21-19?. The van der Waals surface area contributed by atoms with Crippen LogP contribution in [0.25, 0.3) is 6.08 Å². The first kappa shape index (κ1) is 17.2. The summed E-state index contributed by atoms with van der Waals surface area (Å²) in [6.45, 7) is 5.10. The van der Waals surface area contributed by atoms with Crippen molar-refractivity contribution in [1.82, 2.24) is 9.88 Å². The molecule has 1 saturated heterocycles. The van der Waals surface area contributed by atoms with E-state index in [2.05, 4.69) is 9.98 Å². The summed E-state index contributed by atoms with van der Waals surface area (Å²) in [4.78, 5) is 23.6. The Balaban J connectivity index is 1.85. The fourth-order valence-electron chi connectivity index (χ4n) is 2.38. The summed E-state index contributed by atoms with van der Waals surface area (Å²) < 4.78 is 5.44. The summed E-state index contributed by atoms with van der Waals surface area (Å²) in [6, 6.07) is 11.4. The molecule has 1 amide bonds. The van der Waals surface area contributed by atoms with Gasteiger partial charge in [0.1, 0.15) is 5.75 Å². The van der Waals surface area contributed by atoms with Crippen LogP contribution in [0.4, 0.5) is 5.69 Å². The Morgan fingerprint density at radius 1 is 1.24 bits per heavy atom. The average molecular weight is 353 g/mol. The number of carbonyl (C=O) groups excluding carboxylic acids is 1. The molecule has 3 rings (SSSR count). The molecule has 0 saturated carbocycles. The molecule has 0 spiro atoms. The first-order valence-corrected chi connectivity index (χ1v) is 8.96. The van der Waals surface area contributed by atoms with Crippen LogP contribution < -0.4 is 4.74 Å². The van der Waals surface area contributed by atoms with Crippen molar-refractivity contribution in [2.75, 3.05) is 13.2 Å². The second-order valence-electron chi connectivity index (χ2n) is 5.27. The van der Waals surface area contributed by atoms with Crippen LogP contribution in [0.3, 0.4) is 0 Å². The molecule has 1 aliphatic heterocycles. The number of hydrogen-bond acceptors (Lipinski definition) is 5. The highest BCUT2D eigenvalue weighted by Crippen LogP contribution is 2.34. The summed E-state index contributed by atoms with van der Waals surface area (Å²) in [6.07, 6.45) is 5.27. The van der Waals surface area contributed by atoms with E-state index in [0.29, 0.717) is 23.2 Å². The number of aliphatic imine (C=N–C) groups is 1. The average Bonchev–Trinajstić information content (AvgIpc) is 2.92. The minimum Gasteiger partial charge on any atom is -0.494 e. The van der Waals surface area contributed by atoms with Crippen molar-refractivity contribution in [3.8, 4) is 5.75 Å². The summed E-state index contributed by atoms with van der Waals surface area (Å²) in [5.74, 6) is 0.799. The number of carbonyl (C=O) groups is 1. The molecule has 1 fully saturated rings. The summed E-state index contributed by atoms with van der Waals surface area (Å²) >= 11 is 1.38. The molecule has 2 heterocycles. The zero-order valence-corrected chi connectivity index (χ0v) is 15.0. The first-order chi connectivity index (χ1) is 12.2. The highest BCUT2D eigenvalue weighted by atomic mass is 32.2. The Morgan fingerprint density at radius 2 is 2.04 bits per heavy atom. The molecule has 128 valence electrons. The predicted molar refractivity (Wildman–Crippen MR) is 102 cm³/mol. The van der Waals surface area contributed by atoms with E-state index >= 15 is 0 Å². The summed E-state index contributed by atoms with van der Waals surface area (Å²) in [7, 11) is 0. The molecule has 25 heavy (non-hydrogen) atoms. The van der Waals surface area contributed by atoms with Crippen molar-refractivity contribution >= 4 is 34.6 Å². The number of nitrogens with zero attached hydrogens (tertiary/aromatic N) is 3. The number of amidine groups is 1. The van der Waals surface area contributed by atoms with E-state index in [1.165, 1.54) is 11.8 Å². The van der Waals surface area contributed by atoms with Crippen LogP contribution in [0.2, 0.25) is 0 Å². The number of rotatable bonds is 5. The topological polar surface area (TPSA) is 54.8 Å². The quantitative estimate of drug-likeness (QED) is 0.759. The van der Waals surface area contributed by atoms with Gasteiger partial charge >= 0.3 is 0 Å². The van der Waals surface area contributed by atoms with Crippen molar-refractivity contribution in [2.24, 2.45) is 4.99 Å². The van der Waals surface area contributed by atoms with Gasteiger partial charge in [-0.1, -0.05) is 12.1 Å². The van der Waals surface area contributed by atoms with Crippen LogP contribution in [-0.2, 0) is 4.79 Å². The maximum atomic E-state index is 12.6. The minimum atomic E-state index is -0.0241. The number of amides is 1. The van der Waals surface area contributed by atoms with Crippen molar-refractivity contribution in [3.63, 3.8) is 0 Å². The number of thioether (sulfide) groups is 1. The normalized spacial score (nSPS) is 17.5. The van der Waals surface area contributed by atoms with E-state index in [9.17, 15) is 4.79 Å². The monoisotopic (exact) mass is 353 g/mol. The van der Waals surface area contributed by atoms with E-state index < -0.39 is 0 Å². The van der Waals surface area contributed by atoms with E-state index in [1.807, 2.05) is 56.3 Å². The smallest absolute Gasteiger partial charge is 0.266 e. The van der Waals surface area contributed by atoms with E-state index in [1.54, 1.807) is 17.3 Å². The molecular weight excluding hydrogens is 334 g/mol. The summed E-state index contributed by atoms with van der Waals surface area (Å²) in [5, 5.41) is 0.678. The van der Waals surface area contributed by atoms with Crippen molar-refractivity contribution in [1.29, 1.82) is 0 Å². The lowest BCUT2D eigenvalue weighted by Gasteiger charge is -2.11. The lowest BCUT2D eigenvalue weighted by Crippen LogP contribution is -2.28. The number of ether oxygens (including phenoxy) is 1. The first-order valence-electron chi connectivity index (χ1n) is 8.14. The van der Waals surface area contributed by atoms with Gasteiger partial charge in [-0.2, -0.15) is 0 Å². The van der Waals surface area contributed by atoms with Crippen LogP contribution in [0.1, 0.15) is 19.4 Å². The molecule has 1 aliphatic rings. The van der Waals surface area contributed by atoms with Crippen LogP contribution in [-0.4, -0.2) is 34.1 Å². The molecule has 0 N–H and O–H groups in total. The largest absolute Gasteiger partial charge is 0.494 e. The van der Waals surface area contributed by atoms with Gasteiger partial charge < -0.3 is 4.74 Å². The van der Waals surface area contributed by atoms with Gasteiger partial charge in [0.05, 0.1) is 23.4 Å². The molecule has 2 aromatic rings. The maximum absolute atomic E-state index is 12.6. The van der Waals surface area contributed by atoms with Gasteiger partial charge in [-0.25, -0.2) is 4.99 Å². The van der Waals surface area contributed by atoms with E-state index in [-0.39, 0.29) is 5.91 Å². The fourth-order valence-corrected chi connectivity index (χ4v) is 3.44. The Bertz CT molecular complexity index is 801. The van der Waals surface area contributed by atoms with Crippen LogP contribution >= 0.6 is 11.8 Å². The number of likely N-dealkylation sites (N-methyl/N-ethyl adjacent to an activating group) is 1. The Morgan fingerprint density at radius 3 is 2.68 bits per heavy atom. The van der Waals surface area contributed by atoms with Crippen molar-refractivity contribution in [3.05, 3.63) is 59.3 Å². The zero-order chi connectivity index (χ0) is 17.6. The van der Waals surface area contributed by atoms with Gasteiger partial charge in [-0.15, -0.1) is 0 Å². The van der Waals surface area contributed by atoms with Gasteiger partial charge in [0, 0.05) is 12.7 Å². The molecule has 1 aromatic heterocycles. The zero-order valence-electron chi connectivity index (χ0n) is 14.2. The highest BCUT2D eigenvalue weighted by molar-refractivity contribution is 8.18. The number of pyridine rings is 1. The van der Waals surface area contributed by atoms with E-state index in [4.69, 9.17) is 4.74 Å². The molecule has 0 unspecified atom stereocenters. The minimum absolute atomic E-state index is 0.0241. The van der Waals surface area contributed by atoms with Crippen LogP contribution in [0.5, 0.6) is 5.75 Å². The van der Waals surface area contributed by atoms with Crippen molar-refractivity contribution < 1.29 is 9.53 Å². The Labute approximate surface area is 151 Å². The number of aromatic nitrogens is 1. The lowest BCUT2D eigenvalue weighted by molar-refractivity contribution is -0.122. The predicted octanol–water partition coefficient (Wildman–Crippen LogP) is 4.10. The number of hydrogen-bond donors (Lipinski definition) is 0. The fraction of sp³-hybridized carbons (Fsp3) is 0.211. The summed E-state index contributed by atoms with van der Waals surface area (Å²) in [5.41, 5.74) is 1.69. The van der Waals surface area contributed by atoms with Gasteiger partial charge in [0.2, 0.25) is 0 Å². The molecule has 6 heteroatoms. The maximum Gasteiger partial charge on any atom is 0.266 e. The molecule has 1 aromatic carbocycles. The Hall–Kier alpha value is -2.60. The van der Waals surface area contributed by atoms with Gasteiger partial charge in [0.15, 0.2) is 5.17 Å². The molecule has 0 aliphatic carbocycles. The van der Waals surface area contributed by atoms with Gasteiger partial charge in [-0.3, -0.25) is 14.7 Å². The molecular formula is C19H19N3O2S. The Kier molecular flexibility index (Phi) is 5.50. The number of benzene rings is 1. The third-order valence-corrected chi connectivity index (χ3v) is 4.57. The molecule has 0 radical (unpaired) electrons. The molecule has 0 atom stereocenters.